The van der Waals surface area contributed by atoms with Crippen LogP contribution in [0.2, 0.25) is 0 Å². The van der Waals surface area contributed by atoms with Gasteiger partial charge in [0.1, 0.15) is 5.76 Å². The van der Waals surface area contributed by atoms with Crippen molar-refractivity contribution >= 4 is 21.8 Å². The molecular weight excluding hydrogens is 246 g/mol. The van der Waals surface area contributed by atoms with E-state index >= 15 is 0 Å². The molecule has 0 saturated heterocycles. The second-order valence-corrected chi connectivity index (χ2v) is 4.29. The van der Waals surface area contributed by atoms with Gasteiger partial charge in [-0.1, -0.05) is 0 Å². The van der Waals surface area contributed by atoms with Gasteiger partial charge in [0.05, 0.1) is 0 Å². The van der Waals surface area contributed by atoms with Crippen molar-refractivity contribution in [2.75, 3.05) is 13.1 Å². The minimum Gasteiger partial charge on any atom is -0.454 e. The maximum absolute atomic E-state index is 11.2. The van der Waals surface area contributed by atoms with Crippen LogP contribution < -0.4 is 0 Å². The highest BCUT2D eigenvalue weighted by Gasteiger charge is 2.18. The predicted octanol–water partition coefficient (Wildman–Crippen LogP) is 1.99. The van der Waals surface area contributed by atoms with Gasteiger partial charge in [-0.3, -0.25) is 4.79 Å². The van der Waals surface area contributed by atoms with E-state index in [1.807, 2.05) is 11.0 Å². The van der Waals surface area contributed by atoms with Crippen LogP contribution >= 0.6 is 15.9 Å². The van der Waals surface area contributed by atoms with Crippen molar-refractivity contribution in [2.24, 2.45) is 0 Å². The van der Waals surface area contributed by atoms with Crippen LogP contribution in [0.15, 0.2) is 15.2 Å². The lowest BCUT2D eigenvalue weighted by Gasteiger charge is -2.17. The average Bonchev–Trinajstić information content (AvgIpc) is 2.34. The van der Waals surface area contributed by atoms with Gasteiger partial charge in [0.15, 0.2) is 4.67 Å². The quantitative estimate of drug-likeness (QED) is 0.713. The molecule has 0 fully saturated rings. The number of rotatable bonds is 0. The minimum atomic E-state index is 0.147. The van der Waals surface area contributed by atoms with E-state index in [9.17, 15) is 4.79 Å². The first kappa shape index (κ1) is 9.77. The maximum atomic E-state index is 11.2. The normalized spacial score (nSPS) is 16.3. The highest BCUT2D eigenvalue weighted by Crippen LogP contribution is 2.23. The van der Waals surface area contributed by atoms with Crippen molar-refractivity contribution in [1.82, 2.24) is 4.90 Å². The molecule has 14 heavy (non-hydrogen) atoms. The molecule has 1 aromatic heterocycles. The molecule has 1 amide bonds. The van der Waals surface area contributed by atoms with Crippen molar-refractivity contribution in [1.29, 1.82) is 0 Å². The van der Waals surface area contributed by atoms with E-state index in [0.29, 0.717) is 0 Å². The topological polar surface area (TPSA) is 33.5 Å². The predicted molar refractivity (Wildman–Crippen MR) is 56.1 cm³/mol. The van der Waals surface area contributed by atoms with Crippen LogP contribution in [0.1, 0.15) is 18.2 Å². The standard InChI is InChI=1S/C10H12BrNO2/c1-7(13)12-4-2-8-6-10(11)14-9(8)3-5-12/h6H,2-5H2,1H3. The molecule has 2 rings (SSSR count). The lowest BCUT2D eigenvalue weighted by molar-refractivity contribution is -0.128. The van der Waals surface area contributed by atoms with Gasteiger partial charge in [0.2, 0.25) is 5.91 Å². The van der Waals surface area contributed by atoms with Crippen molar-refractivity contribution in [3.05, 3.63) is 22.1 Å². The van der Waals surface area contributed by atoms with E-state index in [1.165, 1.54) is 5.56 Å². The SMILES string of the molecule is CC(=O)N1CCc2cc(Br)oc2CC1. The van der Waals surface area contributed by atoms with E-state index in [4.69, 9.17) is 4.42 Å². The molecule has 0 bridgehead atoms. The Morgan fingerprint density at radius 3 is 2.93 bits per heavy atom. The lowest BCUT2D eigenvalue weighted by atomic mass is 10.2. The van der Waals surface area contributed by atoms with E-state index in [2.05, 4.69) is 15.9 Å². The van der Waals surface area contributed by atoms with Gasteiger partial charge in [-0.05, 0) is 34.0 Å². The smallest absolute Gasteiger partial charge is 0.219 e. The molecule has 4 heteroatoms. The third-order valence-corrected chi connectivity index (χ3v) is 2.96. The molecule has 3 nitrogen and oxygen atoms in total. The summed E-state index contributed by atoms with van der Waals surface area (Å²) < 4.78 is 6.28. The molecular formula is C10H12BrNO2. The van der Waals surface area contributed by atoms with E-state index in [1.54, 1.807) is 6.92 Å². The first-order chi connectivity index (χ1) is 6.66. The van der Waals surface area contributed by atoms with Crippen LogP contribution in [0.4, 0.5) is 0 Å². The van der Waals surface area contributed by atoms with E-state index in [-0.39, 0.29) is 5.91 Å². The third kappa shape index (κ3) is 1.85. The zero-order valence-electron chi connectivity index (χ0n) is 8.05. The number of carbonyl (C=O) groups excluding carboxylic acids is 1. The van der Waals surface area contributed by atoms with Gasteiger partial charge in [-0.15, -0.1) is 0 Å². The number of carbonyl (C=O) groups is 1. The summed E-state index contributed by atoms with van der Waals surface area (Å²) in [4.78, 5) is 13.0. The Morgan fingerprint density at radius 2 is 2.21 bits per heavy atom. The summed E-state index contributed by atoms with van der Waals surface area (Å²) in [6, 6.07) is 2.00. The molecule has 0 atom stereocenters. The summed E-state index contributed by atoms with van der Waals surface area (Å²) in [7, 11) is 0. The van der Waals surface area contributed by atoms with Crippen LogP contribution in [0.25, 0.3) is 0 Å². The monoisotopic (exact) mass is 257 g/mol. The fourth-order valence-corrected chi connectivity index (χ4v) is 2.24. The van der Waals surface area contributed by atoms with Crippen molar-refractivity contribution < 1.29 is 9.21 Å². The number of hydrogen-bond acceptors (Lipinski definition) is 2. The van der Waals surface area contributed by atoms with Crippen molar-refractivity contribution in [2.45, 2.75) is 19.8 Å². The molecule has 0 unspecified atom stereocenters. The molecule has 0 radical (unpaired) electrons. The Morgan fingerprint density at radius 1 is 1.50 bits per heavy atom. The fraction of sp³-hybridized carbons (Fsp3) is 0.500. The van der Waals surface area contributed by atoms with Gasteiger partial charge in [0.25, 0.3) is 0 Å². The highest BCUT2D eigenvalue weighted by atomic mass is 79.9. The summed E-state index contributed by atoms with van der Waals surface area (Å²) in [6.45, 7) is 3.18. The number of furan rings is 1. The first-order valence-electron chi connectivity index (χ1n) is 4.69. The summed E-state index contributed by atoms with van der Waals surface area (Å²) >= 11 is 3.31. The van der Waals surface area contributed by atoms with Crippen LogP contribution in [0, 0.1) is 0 Å². The molecule has 0 aromatic carbocycles. The Kier molecular flexibility index (Phi) is 2.63. The Balaban J connectivity index is 2.15. The van der Waals surface area contributed by atoms with Crippen LogP contribution in [0.5, 0.6) is 0 Å². The third-order valence-electron chi connectivity index (χ3n) is 2.57. The molecule has 1 aliphatic rings. The average molecular weight is 258 g/mol. The van der Waals surface area contributed by atoms with Crippen molar-refractivity contribution in [3.8, 4) is 0 Å². The molecule has 76 valence electrons. The Hall–Kier alpha value is -0.770. The minimum absolute atomic E-state index is 0.147. The second-order valence-electron chi connectivity index (χ2n) is 3.50. The van der Waals surface area contributed by atoms with E-state index in [0.717, 1.165) is 36.4 Å². The zero-order valence-corrected chi connectivity index (χ0v) is 9.63. The number of hydrogen-bond donors (Lipinski definition) is 0. The second kappa shape index (κ2) is 3.77. The Labute approximate surface area is 91.2 Å². The summed E-state index contributed by atoms with van der Waals surface area (Å²) in [5.74, 6) is 1.16. The van der Waals surface area contributed by atoms with Crippen LogP contribution in [-0.4, -0.2) is 23.9 Å². The number of fused-ring (bicyclic) bond motifs is 1. The molecule has 0 N–H and O–H groups in total. The fourth-order valence-electron chi connectivity index (χ4n) is 1.77. The largest absolute Gasteiger partial charge is 0.454 e. The van der Waals surface area contributed by atoms with Crippen LogP contribution in [0.3, 0.4) is 0 Å². The molecule has 0 saturated carbocycles. The number of nitrogens with zero attached hydrogens (tertiary/aromatic N) is 1. The first-order valence-corrected chi connectivity index (χ1v) is 5.48. The number of amides is 1. The summed E-state index contributed by atoms with van der Waals surface area (Å²) in [5, 5.41) is 0. The number of halogens is 1. The molecule has 2 heterocycles. The van der Waals surface area contributed by atoms with Gasteiger partial charge >= 0.3 is 0 Å². The van der Waals surface area contributed by atoms with Gasteiger partial charge in [0, 0.05) is 26.4 Å². The van der Waals surface area contributed by atoms with Gasteiger partial charge in [-0.25, -0.2) is 0 Å². The Bertz CT molecular complexity index is 334. The zero-order chi connectivity index (χ0) is 10.1. The molecule has 0 spiro atoms. The van der Waals surface area contributed by atoms with Gasteiger partial charge < -0.3 is 9.32 Å². The highest BCUT2D eigenvalue weighted by molar-refractivity contribution is 9.10. The molecule has 0 aliphatic carbocycles. The maximum Gasteiger partial charge on any atom is 0.219 e. The van der Waals surface area contributed by atoms with E-state index < -0.39 is 0 Å². The van der Waals surface area contributed by atoms with Crippen molar-refractivity contribution in [3.63, 3.8) is 0 Å². The molecule has 1 aromatic rings. The molecule has 1 aliphatic heterocycles. The van der Waals surface area contributed by atoms with Crippen LogP contribution in [-0.2, 0) is 17.6 Å². The summed E-state index contributed by atoms with van der Waals surface area (Å²) in [6.07, 6.45) is 1.71. The summed E-state index contributed by atoms with van der Waals surface area (Å²) in [5.41, 5.74) is 1.22. The van der Waals surface area contributed by atoms with Gasteiger partial charge in [-0.2, -0.15) is 0 Å². The lowest BCUT2D eigenvalue weighted by Crippen LogP contribution is -2.30.